The third-order valence-electron chi connectivity index (χ3n) is 19.1. The molecule has 11 aromatic rings. The standard InChI is InChI=1S/C76H73NO2/c1-8-10-12-14-25-43-76(44-26-15-13-11-9-2)61-46-52(40-42-55(61)65-62(76)47-58(49-27-17-16-18-28-49)72-67(65)56-30-20-23-33-63(56)78-72)77(50-37-35-48(3)36-38-50)51-39-41-54-60(45-51)75(6,7)70-66(54)68-57-31-21-24-34-64(57)79-73(68)69-53-29-19-22-32-59(53)74(4,5)71(69)70/h16-24,27-42,45-47H,8-15,25-26,43-44H2,1-7H3. The van der Waals surface area contributed by atoms with Crippen LogP contribution in [0.25, 0.3) is 88.4 Å². The summed E-state index contributed by atoms with van der Waals surface area (Å²) in [6.45, 7) is 16.7. The Labute approximate surface area is 467 Å². The number of rotatable bonds is 16. The maximum absolute atomic E-state index is 7.06. The summed E-state index contributed by atoms with van der Waals surface area (Å²) in [6, 6.07) is 64.4. The van der Waals surface area contributed by atoms with E-state index in [4.69, 9.17) is 8.83 Å². The van der Waals surface area contributed by atoms with Crippen molar-refractivity contribution in [3.63, 3.8) is 0 Å². The molecule has 0 radical (unpaired) electrons. The van der Waals surface area contributed by atoms with Crippen molar-refractivity contribution in [3.8, 4) is 44.5 Å². The number of furan rings is 2. The Morgan fingerprint density at radius 2 is 0.899 bits per heavy atom. The Hall–Kier alpha value is -7.62. The van der Waals surface area contributed by atoms with E-state index in [-0.39, 0.29) is 16.2 Å². The average molecular weight is 1030 g/mol. The van der Waals surface area contributed by atoms with Gasteiger partial charge >= 0.3 is 0 Å². The molecule has 3 aliphatic rings. The maximum Gasteiger partial charge on any atom is 0.144 e. The second kappa shape index (κ2) is 19.0. The van der Waals surface area contributed by atoms with Crippen LogP contribution >= 0.6 is 0 Å². The second-order valence-electron chi connectivity index (χ2n) is 24.7. The van der Waals surface area contributed by atoms with Crippen molar-refractivity contribution in [2.75, 3.05) is 4.90 Å². The highest BCUT2D eigenvalue weighted by atomic mass is 16.3. The van der Waals surface area contributed by atoms with E-state index in [1.165, 1.54) is 181 Å². The average Bonchev–Trinajstić information content (AvgIpc) is 2.88. The zero-order valence-electron chi connectivity index (χ0n) is 47.4. The normalized spacial score (nSPS) is 14.9. The number of anilines is 3. The molecule has 0 spiro atoms. The lowest BCUT2D eigenvalue weighted by atomic mass is 9.70. The Balaban J connectivity index is 0.998. The Morgan fingerprint density at radius 3 is 1.56 bits per heavy atom. The first-order chi connectivity index (χ1) is 38.5. The minimum atomic E-state index is -0.324. The van der Waals surface area contributed by atoms with Gasteiger partial charge in [0.25, 0.3) is 0 Å². The van der Waals surface area contributed by atoms with Crippen LogP contribution in [0.2, 0.25) is 0 Å². The first kappa shape index (κ1) is 49.7. The van der Waals surface area contributed by atoms with Crippen LogP contribution in [0.15, 0.2) is 179 Å². The largest absolute Gasteiger partial charge is 0.455 e. The molecule has 0 N–H and O–H groups in total. The summed E-state index contributed by atoms with van der Waals surface area (Å²) in [5.41, 5.74) is 26.8. The predicted molar refractivity (Wildman–Crippen MR) is 334 cm³/mol. The van der Waals surface area contributed by atoms with Gasteiger partial charge in [0.1, 0.15) is 22.3 Å². The summed E-state index contributed by atoms with van der Waals surface area (Å²) in [5.74, 6) is 0. The number of aryl methyl sites for hydroxylation is 1. The van der Waals surface area contributed by atoms with Crippen molar-refractivity contribution in [1.82, 2.24) is 0 Å². The minimum Gasteiger partial charge on any atom is -0.455 e. The highest BCUT2D eigenvalue weighted by Gasteiger charge is 2.49. The smallest absolute Gasteiger partial charge is 0.144 e. The summed E-state index contributed by atoms with van der Waals surface area (Å²) < 4.78 is 14.1. The van der Waals surface area contributed by atoms with Gasteiger partial charge in [0.2, 0.25) is 0 Å². The van der Waals surface area contributed by atoms with E-state index in [1.807, 2.05) is 0 Å². The first-order valence-corrected chi connectivity index (χ1v) is 29.9. The van der Waals surface area contributed by atoms with Gasteiger partial charge in [-0.3, -0.25) is 0 Å². The molecule has 9 aromatic carbocycles. The van der Waals surface area contributed by atoms with Gasteiger partial charge in [0.15, 0.2) is 0 Å². The predicted octanol–water partition coefficient (Wildman–Crippen LogP) is 22.5. The Morgan fingerprint density at radius 1 is 0.392 bits per heavy atom. The third-order valence-corrected chi connectivity index (χ3v) is 19.1. The van der Waals surface area contributed by atoms with Gasteiger partial charge in [-0.15, -0.1) is 0 Å². The quantitative estimate of drug-likeness (QED) is 0.0903. The zero-order chi connectivity index (χ0) is 53.8. The number of hydrogen-bond donors (Lipinski definition) is 0. The second-order valence-corrected chi connectivity index (χ2v) is 24.7. The number of hydrogen-bond acceptors (Lipinski definition) is 3. The summed E-state index contributed by atoms with van der Waals surface area (Å²) in [7, 11) is 0. The van der Waals surface area contributed by atoms with E-state index in [1.54, 1.807) is 0 Å². The number of benzene rings is 9. The summed E-state index contributed by atoms with van der Waals surface area (Å²) in [6.07, 6.45) is 14.7. The fourth-order valence-corrected chi connectivity index (χ4v) is 15.3. The van der Waals surface area contributed by atoms with Crippen molar-refractivity contribution in [3.05, 3.63) is 209 Å². The van der Waals surface area contributed by atoms with Gasteiger partial charge in [0.05, 0.1) is 0 Å². The van der Waals surface area contributed by atoms with E-state index >= 15 is 0 Å². The van der Waals surface area contributed by atoms with Gasteiger partial charge in [-0.25, -0.2) is 0 Å². The van der Waals surface area contributed by atoms with E-state index in [0.717, 1.165) is 40.9 Å². The van der Waals surface area contributed by atoms with Crippen LogP contribution in [0.4, 0.5) is 17.1 Å². The third kappa shape index (κ3) is 7.51. The SMILES string of the molecule is CCCCCCCC1(CCCCCCC)c2cc(N(c3ccc(C)cc3)c3ccc4c(c3)C(C)(C)c3c5c(c6oc7ccccc7c6c3-4)-c3ccccc3C5(C)C)ccc2-c2c1cc(-c1ccccc1)c1oc3ccccc3c21. The number of unbranched alkanes of at least 4 members (excludes halogenated alkanes) is 8. The summed E-state index contributed by atoms with van der Waals surface area (Å²) in [5, 5.41) is 4.88. The lowest BCUT2D eigenvalue weighted by molar-refractivity contribution is 0.399. The molecule has 0 bridgehead atoms. The van der Waals surface area contributed by atoms with Gasteiger partial charge < -0.3 is 13.7 Å². The molecule has 394 valence electrons. The van der Waals surface area contributed by atoms with Gasteiger partial charge in [-0.1, -0.05) is 227 Å². The molecule has 0 atom stereocenters. The van der Waals surface area contributed by atoms with E-state index in [2.05, 4.69) is 223 Å². The van der Waals surface area contributed by atoms with Gasteiger partial charge in [-0.05, 0) is 141 Å². The van der Waals surface area contributed by atoms with Crippen LogP contribution in [0, 0.1) is 6.92 Å². The van der Waals surface area contributed by atoms with Gasteiger partial charge in [0, 0.05) is 66.0 Å². The van der Waals surface area contributed by atoms with Crippen molar-refractivity contribution >= 4 is 60.9 Å². The highest BCUT2D eigenvalue weighted by molar-refractivity contribution is 6.21. The number of fused-ring (bicyclic) bond motifs is 19. The Bertz CT molecular complexity index is 4170. The van der Waals surface area contributed by atoms with Crippen molar-refractivity contribution in [2.45, 2.75) is 142 Å². The number of nitrogens with zero attached hydrogens (tertiary/aromatic N) is 1. The maximum atomic E-state index is 7.06. The minimum absolute atomic E-state index is 0.195. The zero-order valence-corrected chi connectivity index (χ0v) is 47.4. The first-order valence-electron chi connectivity index (χ1n) is 29.9. The molecule has 0 aliphatic heterocycles. The van der Waals surface area contributed by atoms with Crippen LogP contribution in [0.1, 0.15) is 158 Å². The molecule has 79 heavy (non-hydrogen) atoms. The monoisotopic (exact) mass is 1030 g/mol. The molecule has 0 saturated carbocycles. The van der Waals surface area contributed by atoms with E-state index in [0.29, 0.717) is 0 Å². The lowest BCUT2D eigenvalue weighted by Crippen LogP contribution is -2.26. The molecule has 0 saturated heterocycles. The summed E-state index contributed by atoms with van der Waals surface area (Å²) >= 11 is 0. The van der Waals surface area contributed by atoms with Crippen molar-refractivity contribution in [1.29, 1.82) is 0 Å². The lowest BCUT2D eigenvalue weighted by Gasteiger charge is -2.35. The molecular weight excluding hydrogens is 959 g/mol. The van der Waals surface area contributed by atoms with Crippen molar-refractivity contribution in [2.24, 2.45) is 0 Å². The number of para-hydroxylation sites is 2. The van der Waals surface area contributed by atoms with Crippen LogP contribution in [0.5, 0.6) is 0 Å². The molecule has 0 unspecified atom stereocenters. The highest BCUT2D eigenvalue weighted by Crippen LogP contribution is 2.65. The molecule has 2 heterocycles. The molecule has 2 aromatic heterocycles. The van der Waals surface area contributed by atoms with E-state index in [9.17, 15) is 0 Å². The fourth-order valence-electron chi connectivity index (χ4n) is 15.3. The molecular formula is C76H73NO2. The summed E-state index contributed by atoms with van der Waals surface area (Å²) in [4.78, 5) is 2.57. The van der Waals surface area contributed by atoms with Crippen molar-refractivity contribution < 1.29 is 8.83 Å². The molecule has 0 fully saturated rings. The van der Waals surface area contributed by atoms with Gasteiger partial charge in [-0.2, -0.15) is 0 Å². The topological polar surface area (TPSA) is 29.5 Å². The van der Waals surface area contributed by atoms with E-state index < -0.39 is 0 Å². The molecule has 0 amide bonds. The van der Waals surface area contributed by atoms with Crippen LogP contribution in [-0.4, -0.2) is 0 Å². The Kier molecular flexibility index (Phi) is 12.0. The molecule has 14 rings (SSSR count). The molecule has 3 nitrogen and oxygen atoms in total. The van der Waals surface area contributed by atoms with Crippen LogP contribution in [0.3, 0.4) is 0 Å². The van der Waals surface area contributed by atoms with Crippen LogP contribution < -0.4 is 4.90 Å². The molecule has 3 heteroatoms. The molecule has 3 aliphatic carbocycles. The fraction of sp³-hybridized carbons (Fsp3) is 0.289. The van der Waals surface area contributed by atoms with Crippen LogP contribution in [-0.2, 0) is 16.2 Å².